The molecule has 4 N–H and O–H groups in total. The van der Waals surface area contributed by atoms with Crippen molar-refractivity contribution < 1.29 is 14.6 Å². The summed E-state index contributed by atoms with van der Waals surface area (Å²) in [5.41, 5.74) is 7.52. The molecule has 19 heavy (non-hydrogen) atoms. The summed E-state index contributed by atoms with van der Waals surface area (Å²) in [6, 6.07) is 3.69. The van der Waals surface area contributed by atoms with Gasteiger partial charge in [-0.3, -0.25) is 0 Å². The van der Waals surface area contributed by atoms with E-state index < -0.39 is 0 Å². The predicted octanol–water partition coefficient (Wildman–Crippen LogP) is 1.57. The maximum atomic E-state index is 8.68. The first-order valence-corrected chi connectivity index (χ1v) is 7.58. The van der Waals surface area contributed by atoms with Gasteiger partial charge in [-0.1, -0.05) is 0 Å². The maximum absolute atomic E-state index is 8.68. The highest BCUT2D eigenvalue weighted by atomic mass is 32.2. The first-order valence-electron chi connectivity index (χ1n) is 6.43. The molecule has 0 bridgehead atoms. The summed E-state index contributed by atoms with van der Waals surface area (Å²) in [4.78, 5) is 0. The Hall–Kier alpha value is -1.27. The zero-order chi connectivity index (χ0) is 13.5. The van der Waals surface area contributed by atoms with Gasteiger partial charge in [-0.25, -0.2) is 0 Å². The largest absolute Gasteiger partial charge is 0.486 e. The average molecular weight is 284 g/mol. The molecule has 1 aromatic rings. The summed E-state index contributed by atoms with van der Waals surface area (Å²) in [5, 5.41) is 12.0. The molecule has 0 fully saturated rings. The minimum Gasteiger partial charge on any atom is -0.486 e. The van der Waals surface area contributed by atoms with E-state index in [2.05, 4.69) is 5.32 Å². The van der Waals surface area contributed by atoms with Crippen LogP contribution in [0.5, 0.6) is 11.5 Å². The van der Waals surface area contributed by atoms with Crippen LogP contribution in [0.3, 0.4) is 0 Å². The van der Waals surface area contributed by atoms with Crippen LogP contribution in [0.15, 0.2) is 12.1 Å². The molecule has 0 spiro atoms. The second-order valence-corrected chi connectivity index (χ2v) is 5.42. The smallest absolute Gasteiger partial charge is 0.163 e. The lowest BCUT2D eigenvalue weighted by molar-refractivity contribution is 0.172. The number of aliphatic hydroxyl groups excluding tert-OH is 1. The molecule has 0 aliphatic carbocycles. The van der Waals surface area contributed by atoms with E-state index in [9.17, 15) is 0 Å². The van der Waals surface area contributed by atoms with Crippen LogP contribution >= 0.6 is 11.8 Å². The molecule has 1 aliphatic rings. The van der Waals surface area contributed by atoms with Gasteiger partial charge in [-0.2, -0.15) is 11.8 Å². The highest BCUT2D eigenvalue weighted by Gasteiger charge is 2.14. The molecule has 5 nitrogen and oxygen atoms in total. The van der Waals surface area contributed by atoms with Crippen LogP contribution < -0.4 is 20.5 Å². The van der Waals surface area contributed by atoms with E-state index in [1.54, 1.807) is 6.07 Å². The Morgan fingerprint density at radius 3 is 2.68 bits per heavy atom. The van der Waals surface area contributed by atoms with Gasteiger partial charge in [0.15, 0.2) is 11.5 Å². The maximum Gasteiger partial charge on any atom is 0.163 e. The van der Waals surface area contributed by atoms with Gasteiger partial charge < -0.3 is 25.6 Å². The van der Waals surface area contributed by atoms with Gasteiger partial charge in [0.25, 0.3) is 0 Å². The van der Waals surface area contributed by atoms with E-state index in [4.69, 9.17) is 20.3 Å². The molecule has 0 saturated heterocycles. The Kier molecular flexibility index (Phi) is 5.47. The summed E-state index contributed by atoms with van der Waals surface area (Å²) in [6.45, 7) is 2.24. The SMILES string of the molecule is Nc1cc2c(cc1NCCSCCCO)OCCO2. The van der Waals surface area contributed by atoms with E-state index in [1.165, 1.54) is 0 Å². The van der Waals surface area contributed by atoms with Gasteiger partial charge in [-0.05, 0) is 12.2 Å². The number of hydrogen-bond donors (Lipinski definition) is 3. The molecule has 1 heterocycles. The summed E-state index contributed by atoms with van der Waals surface area (Å²) < 4.78 is 11.0. The average Bonchev–Trinajstić information content (AvgIpc) is 2.43. The molecule has 0 unspecified atom stereocenters. The quantitative estimate of drug-likeness (QED) is 0.521. The lowest BCUT2D eigenvalue weighted by Gasteiger charge is -2.20. The predicted molar refractivity (Wildman–Crippen MR) is 79.4 cm³/mol. The van der Waals surface area contributed by atoms with Crippen molar-refractivity contribution in [3.63, 3.8) is 0 Å². The van der Waals surface area contributed by atoms with Crippen LogP contribution in [0.4, 0.5) is 11.4 Å². The second kappa shape index (κ2) is 7.35. The standard InChI is InChI=1S/C13H20N2O3S/c14-10-8-12-13(18-5-4-17-12)9-11(10)15-2-7-19-6-1-3-16/h8-9,15-16H,1-7,14H2. The molecule has 1 aromatic carbocycles. The Morgan fingerprint density at radius 1 is 1.21 bits per heavy atom. The first-order chi connectivity index (χ1) is 9.31. The zero-order valence-corrected chi connectivity index (χ0v) is 11.7. The van der Waals surface area contributed by atoms with Gasteiger partial charge in [-0.15, -0.1) is 0 Å². The van der Waals surface area contributed by atoms with Gasteiger partial charge >= 0.3 is 0 Å². The fraction of sp³-hybridized carbons (Fsp3) is 0.538. The number of hydrogen-bond acceptors (Lipinski definition) is 6. The summed E-state index contributed by atoms with van der Waals surface area (Å²) in [7, 11) is 0. The number of nitrogens with one attached hydrogen (secondary N) is 1. The molecule has 6 heteroatoms. The second-order valence-electron chi connectivity index (χ2n) is 4.20. The third-order valence-electron chi connectivity index (χ3n) is 2.72. The van der Waals surface area contributed by atoms with Crippen LogP contribution in [0.1, 0.15) is 6.42 Å². The summed E-state index contributed by atoms with van der Waals surface area (Å²) in [5.74, 6) is 3.42. The van der Waals surface area contributed by atoms with Crippen LogP contribution in [-0.2, 0) is 0 Å². The van der Waals surface area contributed by atoms with Crippen molar-refractivity contribution >= 4 is 23.1 Å². The van der Waals surface area contributed by atoms with Crippen LogP contribution in [0, 0.1) is 0 Å². The Bertz CT molecular complexity index is 415. The number of rotatable bonds is 7. The van der Waals surface area contributed by atoms with Crippen molar-refractivity contribution in [3.05, 3.63) is 12.1 Å². The molecule has 2 rings (SSSR count). The molecule has 106 valence electrons. The monoisotopic (exact) mass is 284 g/mol. The third-order valence-corrected chi connectivity index (χ3v) is 3.79. The Labute approximate surface area is 117 Å². The number of nitrogen functional groups attached to an aromatic ring is 1. The number of ether oxygens (including phenoxy) is 2. The topological polar surface area (TPSA) is 76.7 Å². The van der Waals surface area contributed by atoms with E-state index in [0.29, 0.717) is 24.7 Å². The molecular weight excluding hydrogens is 264 g/mol. The third kappa shape index (κ3) is 4.11. The number of anilines is 2. The molecule has 0 amide bonds. The van der Waals surface area contributed by atoms with E-state index in [-0.39, 0.29) is 6.61 Å². The van der Waals surface area contributed by atoms with Gasteiger partial charge in [0, 0.05) is 31.0 Å². The van der Waals surface area contributed by atoms with Crippen LogP contribution in [0.25, 0.3) is 0 Å². The van der Waals surface area contributed by atoms with E-state index in [0.717, 1.165) is 35.9 Å². The number of nitrogens with two attached hydrogens (primary N) is 1. The van der Waals surface area contributed by atoms with Crippen molar-refractivity contribution in [2.24, 2.45) is 0 Å². The minimum absolute atomic E-state index is 0.259. The van der Waals surface area contributed by atoms with Gasteiger partial charge in [0.2, 0.25) is 0 Å². The molecular formula is C13H20N2O3S. The highest BCUT2D eigenvalue weighted by Crippen LogP contribution is 2.36. The van der Waals surface area contributed by atoms with Crippen LogP contribution in [0.2, 0.25) is 0 Å². The normalized spacial score (nSPS) is 13.3. The first kappa shape index (κ1) is 14.1. The fourth-order valence-corrected chi connectivity index (χ4v) is 2.57. The molecule has 0 aromatic heterocycles. The fourth-order valence-electron chi connectivity index (χ4n) is 1.78. The minimum atomic E-state index is 0.259. The highest BCUT2D eigenvalue weighted by molar-refractivity contribution is 7.99. The summed E-state index contributed by atoms with van der Waals surface area (Å²) in [6.07, 6.45) is 0.844. The van der Waals surface area contributed by atoms with Crippen molar-refractivity contribution in [3.8, 4) is 11.5 Å². The van der Waals surface area contributed by atoms with Crippen molar-refractivity contribution in [2.45, 2.75) is 6.42 Å². The number of aliphatic hydroxyl groups is 1. The zero-order valence-electron chi connectivity index (χ0n) is 10.9. The lowest BCUT2D eigenvalue weighted by Crippen LogP contribution is -2.16. The van der Waals surface area contributed by atoms with Gasteiger partial charge in [0.1, 0.15) is 13.2 Å². The molecule has 0 radical (unpaired) electrons. The van der Waals surface area contributed by atoms with Crippen molar-refractivity contribution in [1.29, 1.82) is 0 Å². The van der Waals surface area contributed by atoms with Crippen molar-refractivity contribution in [2.75, 3.05) is 48.9 Å². The Balaban J connectivity index is 1.83. The number of benzene rings is 1. The van der Waals surface area contributed by atoms with Crippen molar-refractivity contribution in [1.82, 2.24) is 0 Å². The van der Waals surface area contributed by atoms with E-state index >= 15 is 0 Å². The van der Waals surface area contributed by atoms with Gasteiger partial charge in [0.05, 0.1) is 11.4 Å². The van der Waals surface area contributed by atoms with E-state index in [1.807, 2.05) is 17.8 Å². The summed E-state index contributed by atoms with van der Waals surface area (Å²) >= 11 is 1.81. The lowest BCUT2D eigenvalue weighted by atomic mass is 10.2. The molecule has 0 saturated carbocycles. The number of fused-ring (bicyclic) bond motifs is 1. The van der Waals surface area contributed by atoms with Crippen LogP contribution in [-0.4, -0.2) is 43.0 Å². The Morgan fingerprint density at radius 2 is 1.95 bits per heavy atom. The molecule has 1 aliphatic heterocycles. The molecule has 0 atom stereocenters. The number of thioether (sulfide) groups is 1.